The van der Waals surface area contributed by atoms with E-state index in [1.807, 2.05) is 0 Å². The van der Waals surface area contributed by atoms with Gasteiger partial charge in [0.2, 0.25) is 11.6 Å². The van der Waals surface area contributed by atoms with E-state index in [-0.39, 0.29) is 23.8 Å². The van der Waals surface area contributed by atoms with Crippen LogP contribution in [-0.2, 0) is 19.8 Å². The van der Waals surface area contributed by atoms with E-state index >= 15 is 0 Å². The SMILES string of the molecule is CCOP(=O)(Cc1cc(Cl)c(OC)c([N+](=O)[O-])c1F)OCC. The molecule has 7 nitrogen and oxygen atoms in total. The number of hydrogen-bond donors (Lipinski definition) is 0. The fourth-order valence-electron chi connectivity index (χ4n) is 1.85. The van der Waals surface area contributed by atoms with E-state index in [4.69, 9.17) is 25.4 Å². The Labute approximate surface area is 132 Å². The predicted molar refractivity (Wildman–Crippen MR) is 79.2 cm³/mol. The summed E-state index contributed by atoms with van der Waals surface area (Å²) in [6.45, 7) is 3.38. The quantitative estimate of drug-likeness (QED) is 0.395. The summed E-state index contributed by atoms with van der Waals surface area (Å²) in [5.41, 5.74) is -1.15. The minimum absolute atomic E-state index is 0.0882. The van der Waals surface area contributed by atoms with E-state index in [1.54, 1.807) is 13.8 Å². The number of halogens is 2. The molecule has 0 fully saturated rings. The summed E-state index contributed by atoms with van der Waals surface area (Å²) < 4.78 is 41.6. The standard InChI is InChI=1S/C12H16ClFNO6P/c1-4-20-22(18,21-5-2)7-8-6-9(13)12(19-3)11(10(8)14)15(16)17/h6H,4-5,7H2,1-3H3. The van der Waals surface area contributed by atoms with Crippen molar-refractivity contribution in [3.63, 3.8) is 0 Å². The molecule has 0 aliphatic heterocycles. The number of ether oxygens (including phenoxy) is 1. The lowest BCUT2D eigenvalue weighted by atomic mass is 10.2. The Morgan fingerprint density at radius 2 is 1.91 bits per heavy atom. The lowest BCUT2D eigenvalue weighted by Crippen LogP contribution is -2.05. The maximum Gasteiger partial charge on any atom is 0.348 e. The highest BCUT2D eigenvalue weighted by Crippen LogP contribution is 2.53. The van der Waals surface area contributed by atoms with E-state index in [9.17, 15) is 19.1 Å². The molecule has 0 bridgehead atoms. The average molecular weight is 356 g/mol. The first-order valence-electron chi connectivity index (χ1n) is 6.37. The fraction of sp³-hybridized carbons (Fsp3) is 0.500. The van der Waals surface area contributed by atoms with Crippen molar-refractivity contribution in [2.75, 3.05) is 20.3 Å². The summed E-state index contributed by atoms with van der Waals surface area (Å²) >= 11 is 5.87. The number of benzene rings is 1. The maximum atomic E-state index is 14.3. The van der Waals surface area contributed by atoms with Crippen molar-refractivity contribution in [1.82, 2.24) is 0 Å². The van der Waals surface area contributed by atoms with Gasteiger partial charge in [0.15, 0.2) is 0 Å². The summed E-state index contributed by atoms with van der Waals surface area (Å²) in [6, 6.07) is 1.12. The lowest BCUT2D eigenvalue weighted by Gasteiger charge is -2.18. The number of nitrogens with zero attached hydrogens (tertiary/aromatic N) is 1. The summed E-state index contributed by atoms with van der Waals surface area (Å²) in [5.74, 6) is -1.57. The zero-order valence-corrected chi connectivity index (χ0v) is 13.9. The molecule has 0 aliphatic rings. The lowest BCUT2D eigenvalue weighted by molar-refractivity contribution is -0.388. The van der Waals surface area contributed by atoms with Gasteiger partial charge in [0.05, 0.1) is 36.4 Å². The van der Waals surface area contributed by atoms with Gasteiger partial charge in [0.1, 0.15) is 0 Å². The van der Waals surface area contributed by atoms with E-state index in [1.165, 1.54) is 0 Å². The number of rotatable bonds is 8. The van der Waals surface area contributed by atoms with Crippen LogP contribution in [-0.4, -0.2) is 25.2 Å². The molecule has 0 heterocycles. The van der Waals surface area contributed by atoms with E-state index in [0.29, 0.717) is 0 Å². The van der Waals surface area contributed by atoms with Crippen molar-refractivity contribution in [3.8, 4) is 5.75 Å². The van der Waals surface area contributed by atoms with Crippen LogP contribution >= 0.6 is 19.2 Å². The molecule has 0 spiro atoms. The van der Waals surface area contributed by atoms with Crippen molar-refractivity contribution in [2.45, 2.75) is 20.0 Å². The van der Waals surface area contributed by atoms with Gasteiger partial charge in [-0.3, -0.25) is 14.7 Å². The van der Waals surface area contributed by atoms with E-state index in [0.717, 1.165) is 13.2 Å². The summed E-state index contributed by atoms with van der Waals surface area (Å²) in [7, 11) is -2.49. The van der Waals surface area contributed by atoms with Crippen LogP contribution in [0.5, 0.6) is 5.75 Å². The minimum Gasteiger partial charge on any atom is -0.489 e. The van der Waals surface area contributed by atoms with Gasteiger partial charge in [-0.25, -0.2) is 0 Å². The first-order chi connectivity index (χ1) is 10.3. The highest BCUT2D eigenvalue weighted by molar-refractivity contribution is 7.53. The zero-order valence-electron chi connectivity index (χ0n) is 12.3. The van der Waals surface area contributed by atoms with Crippen LogP contribution in [0.3, 0.4) is 0 Å². The fourth-order valence-corrected chi connectivity index (χ4v) is 3.84. The zero-order chi connectivity index (χ0) is 16.9. The van der Waals surface area contributed by atoms with Gasteiger partial charge in [-0.1, -0.05) is 11.6 Å². The molecule has 0 atom stereocenters. The molecule has 0 saturated carbocycles. The van der Waals surface area contributed by atoms with Gasteiger partial charge in [-0.2, -0.15) is 4.39 Å². The molecule has 22 heavy (non-hydrogen) atoms. The molecular formula is C12H16ClFNO6P. The second-order valence-electron chi connectivity index (χ2n) is 4.08. The molecule has 0 amide bonds. The number of nitro benzene ring substituents is 1. The summed E-state index contributed by atoms with van der Waals surface area (Å²) in [6.07, 6.45) is -0.467. The third kappa shape index (κ3) is 4.16. The van der Waals surface area contributed by atoms with Gasteiger partial charge in [0, 0.05) is 5.56 Å². The molecule has 1 aromatic carbocycles. The molecule has 0 unspecified atom stereocenters. The highest BCUT2D eigenvalue weighted by atomic mass is 35.5. The van der Waals surface area contributed by atoms with Crippen LogP contribution in [0.4, 0.5) is 10.1 Å². The van der Waals surface area contributed by atoms with Gasteiger partial charge in [0.25, 0.3) is 0 Å². The maximum absolute atomic E-state index is 14.3. The Morgan fingerprint density at radius 3 is 2.32 bits per heavy atom. The van der Waals surface area contributed by atoms with Gasteiger partial charge in [-0.05, 0) is 19.9 Å². The topological polar surface area (TPSA) is 87.9 Å². The van der Waals surface area contributed by atoms with Crippen LogP contribution < -0.4 is 4.74 Å². The molecule has 1 aromatic rings. The molecule has 0 aliphatic carbocycles. The van der Waals surface area contributed by atoms with Crippen molar-refractivity contribution in [1.29, 1.82) is 0 Å². The van der Waals surface area contributed by atoms with Gasteiger partial charge < -0.3 is 13.8 Å². The Bertz CT molecular complexity index is 602. The molecule has 0 N–H and O–H groups in total. The molecule has 0 saturated heterocycles. The smallest absolute Gasteiger partial charge is 0.348 e. The van der Waals surface area contributed by atoms with Crippen molar-refractivity contribution < 1.29 is 27.7 Å². The van der Waals surface area contributed by atoms with Crippen LogP contribution in [0.2, 0.25) is 5.02 Å². The third-order valence-electron chi connectivity index (χ3n) is 2.63. The number of hydrogen-bond acceptors (Lipinski definition) is 6. The Kier molecular flexibility index (Phi) is 6.74. The molecule has 0 aromatic heterocycles. The van der Waals surface area contributed by atoms with Crippen molar-refractivity contribution in [3.05, 3.63) is 32.6 Å². The van der Waals surface area contributed by atoms with Crippen LogP contribution in [0.1, 0.15) is 19.4 Å². The Hall–Kier alpha value is -1.21. The predicted octanol–water partition coefficient (Wildman–Crippen LogP) is 4.16. The Morgan fingerprint density at radius 1 is 1.36 bits per heavy atom. The highest BCUT2D eigenvalue weighted by Gasteiger charge is 2.32. The molecule has 10 heteroatoms. The molecule has 0 radical (unpaired) electrons. The number of methoxy groups -OCH3 is 1. The third-order valence-corrected chi connectivity index (χ3v) is 4.94. The first kappa shape index (κ1) is 18.8. The van der Waals surface area contributed by atoms with Crippen molar-refractivity contribution >= 4 is 24.9 Å². The largest absolute Gasteiger partial charge is 0.489 e. The first-order valence-corrected chi connectivity index (χ1v) is 8.47. The van der Waals surface area contributed by atoms with E-state index < -0.39 is 35.9 Å². The molecular weight excluding hydrogens is 340 g/mol. The van der Waals surface area contributed by atoms with Crippen molar-refractivity contribution in [2.24, 2.45) is 0 Å². The average Bonchev–Trinajstić information content (AvgIpc) is 2.42. The second-order valence-corrected chi connectivity index (χ2v) is 6.54. The monoisotopic (exact) mass is 355 g/mol. The van der Waals surface area contributed by atoms with Crippen LogP contribution in [0.15, 0.2) is 6.07 Å². The molecule has 1 rings (SSSR count). The normalized spacial score (nSPS) is 11.5. The second kappa shape index (κ2) is 7.87. The van der Waals surface area contributed by atoms with Crippen LogP contribution in [0.25, 0.3) is 0 Å². The van der Waals surface area contributed by atoms with Crippen LogP contribution in [0, 0.1) is 15.9 Å². The summed E-state index contributed by atoms with van der Waals surface area (Å²) in [4.78, 5) is 10.1. The van der Waals surface area contributed by atoms with Gasteiger partial charge >= 0.3 is 13.3 Å². The minimum atomic E-state index is -3.62. The number of nitro groups is 1. The van der Waals surface area contributed by atoms with Gasteiger partial charge in [-0.15, -0.1) is 0 Å². The summed E-state index contributed by atoms with van der Waals surface area (Å²) in [5, 5.41) is 10.9. The molecule has 124 valence electrons. The van der Waals surface area contributed by atoms with E-state index in [2.05, 4.69) is 0 Å². The Balaban J connectivity index is 3.37.